The number of alkyl halides is 3. The molecule has 1 aromatic heterocycles. The Labute approximate surface area is 154 Å². The monoisotopic (exact) mass is 391 g/mol. The smallest absolute Gasteiger partial charge is 0.435 e. The van der Waals surface area contributed by atoms with E-state index in [1.807, 2.05) is 0 Å². The molecule has 0 aromatic carbocycles. The highest BCUT2D eigenvalue weighted by Crippen LogP contribution is 2.33. The van der Waals surface area contributed by atoms with Gasteiger partial charge in [-0.2, -0.15) is 13.2 Å². The van der Waals surface area contributed by atoms with Gasteiger partial charge in [0.1, 0.15) is 17.1 Å². The van der Waals surface area contributed by atoms with Gasteiger partial charge in [0, 0.05) is 13.0 Å². The maximum atomic E-state index is 13.3. The van der Waals surface area contributed by atoms with Crippen LogP contribution in [0, 0.1) is 0 Å². The van der Waals surface area contributed by atoms with E-state index < -0.39 is 47.2 Å². The van der Waals surface area contributed by atoms with Crippen molar-refractivity contribution in [3.63, 3.8) is 0 Å². The molecule has 2 rings (SSSR count). The summed E-state index contributed by atoms with van der Waals surface area (Å²) in [5.41, 5.74) is -4.81. The van der Waals surface area contributed by atoms with E-state index in [4.69, 9.17) is 4.74 Å². The van der Waals surface area contributed by atoms with E-state index in [1.54, 1.807) is 20.8 Å². The number of esters is 1. The van der Waals surface area contributed by atoms with Crippen LogP contribution in [0.2, 0.25) is 0 Å². The molecule has 1 aliphatic heterocycles. The minimum absolute atomic E-state index is 0.206. The van der Waals surface area contributed by atoms with Crippen molar-refractivity contribution in [2.45, 2.75) is 70.9 Å². The molecule has 1 amide bonds. The van der Waals surface area contributed by atoms with Gasteiger partial charge in [-0.15, -0.1) is 0 Å². The number of aryl methyl sites for hydroxylation is 1. The van der Waals surface area contributed by atoms with E-state index >= 15 is 0 Å². The summed E-state index contributed by atoms with van der Waals surface area (Å²) in [7, 11) is 0. The molecule has 0 spiro atoms. The van der Waals surface area contributed by atoms with Crippen molar-refractivity contribution in [2.75, 3.05) is 6.54 Å². The molecule has 1 atom stereocenters. The molecule has 2 N–H and O–H groups in total. The Morgan fingerprint density at radius 3 is 2.41 bits per heavy atom. The molecule has 10 heteroatoms. The number of amides is 1. The average molecular weight is 391 g/mol. The lowest BCUT2D eigenvalue weighted by atomic mass is 10.1. The van der Waals surface area contributed by atoms with Crippen LogP contribution in [-0.2, 0) is 28.7 Å². The highest BCUT2D eigenvalue weighted by Gasteiger charge is 2.42. The quantitative estimate of drug-likeness (QED) is 0.767. The second-order valence-electron chi connectivity index (χ2n) is 7.79. The fraction of sp³-hybridized carbons (Fsp3) is 0.706. The van der Waals surface area contributed by atoms with E-state index in [0.29, 0.717) is 19.3 Å². The van der Waals surface area contributed by atoms with Crippen LogP contribution in [-0.4, -0.2) is 44.3 Å². The number of aromatic nitrogens is 2. The van der Waals surface area contributed by atoms with Crippen LogP contribution in [0.25, 0.3) is 0 Å². The molecular formula is C17H24F3N3O4. The van der Waals surface area contributed by atoms with Gasteiger partial charge in [-0.05, 0) is 40.5 Å². The third-order valence-electron chi connectivity index (χ3n) is 3.99. The molecule has 0 aliphatic carbocycles. The van der Waals surface area contributed by atoms with Crippen molar-refractivity contribution in [3.8, 4) is 0 Å². The summed E-state index contributed by atoms with van der Waals surface area (Å²) >= 11 is 0. The molecule has 0 saturated carbocycles. The van der Waals surface area contributed by atoms with Gasteiger partial charge in [-0.3, -0.25) is 4.79 Å². The number of carbonyl (C=O) groups is 2. The fourth-order valence-corrected chi connectivity index (χ4v) is 2.71. The van der Waals surface area contributed by atoms with Crippen LogP contribution in [0.1, 0.15) is 62.5 Å². The summed E-state index contributed by atoms with van der Waals surface area (Å²) in [4.78, 5) is 28.1. The zero-order chi connectivity index (χ0) is 20.6. The van der Waals surface area contributed by atoms with Crippen molar-refractivity contribution in [1.82, 2.24) is 14.9 Å². The molecule has 1 aliphatic rings. The maximum Gasteiger partial charge on any atom is 0.435 e. The number of halogens is 3. The molecule has 152 valence electrons. The Morgan fingerprint density at radius 2 is 1.85 bits per heavy atom. The highest BCUT2D eigenvalue weighted by atomic mass is 19.4. The molecule has 0 saturated heterocycles. The molecule has 7 nitrogen and oxygen atoms in total. The lowest BCUT2D eigenvalue weighted by Gasteiger charge is -2.27. The summed E-state index contributed by atoms with van der Waals surface area (Å²) < 4.78 is 46.2. The van der Waals surface area contributed by atoms with E-state index in [2.05, 4.69) is 10.3 Å². The van der Waals surface area contributed by atoms with Gasteiger partial charge in [0.25, 0.3) is 5.91 Å². The Bertz CT molecular complexity index is 733. The SMILES string of the molecule is CC(C)(C)OC(=O)C(C)(O)CNC(=O)c1c(C(F)(F)F)nc2n1CCCC2. The van der Waals surface area contributed by atoms with E-state index in [-0.39, 0.29) is 12.4 Å². The molecule has 0 radical (unpaired) electrons. The van der Waals surface area contributed by atoms with Crippen molar-refractivity contribution in [3.05, 3.63) is 17.2 Å². The number of hydrogen-bond donors (Lipinski definition) is 2. The number of rotatable bonds is 4. The van der Waals surface area contributed by atoms with Gasteiger partial charge in [0.05, 0.1) is 6.54 Å². The zero-order valence-electron chi connectivity index (χ0n) is 15.7. The summed E-state index contributed by atoms with van der Waals surface area (Å²) in [6.07, 6.45) is -3.10. The maximum absolute atomic E-state index is 13.3. The highest BCUT2D eigenvalue weighted by molar-refractivity contribution is 5.94. The first-order valence-electron chi connectivity index (χ1n) is 8.63. The number of aliphatic hydroxyl groups is 1. The van der Waals surface area contributed by atoms with Gasteiger partial charge in [-0.1, -0.05) is 0 Å². The van der Waals surface area contributed by atoms with Crippen LogP contribution >= 0.6 is 0 Å². The van der Waals surface area contributed by atoms with Crippen molar-refractivity contribution in [1.29, 1.82) is 0 Å². The third kappa shape index (κ3) is 5.00. The van der Waals surface area contributed by atoms with E-state index in [0.717, 1.165) is 6.92 Å². The summed E-state index contributed by atoms with van der Waals surface area (Å²) in [5, 5.41) is 12.4. The number of ether oxygens (including phenoxy) is 1. The zero-order valence-corrected chi connectivity index (χ0v) is 15.7. The number of nitrogens with one attached hydrogen (secondary N) is 1. The summed E-state index contributed by atoms with van der Waals surface area (Å²) in [6.45, 7) is 5.59. The number of hydrogen-bond acceptors (Lipinski definition) is 5. The van der Waals surface area contributed by atoms with Crippen LogP contribution in [0.15, 0.2) is 0 Å². The molecule has 1 unspecified atom stereocenters. The van der Waals surface area contributed by atoms with Gasteiger partial charge < -0.3 is 19.7 Å². The Balaban J connectivity index is 2.21. The topological polar surface area (TPSA) is 93.4 Å². The first-order valence-corrected chi connectivity index (χ1v) is 8.63. The Kier molecular flexibility index (Phi) is 5.61. The minimum Gasteiger partial charge on any atom is -0.458 e. The molecule has 1 aromatic rings. The lowest BCUT2D eigenvalue weighted by molar-refractivity contribution is -0.174. The normalized spacial score (nSPS) is 17.0. The first-order chi connectivity index (χ1) is 12.2. The van der Waals surface area contributed by atoms with Crippen molar-refractivity contribution < 1.29 is 32.6 Å². The van der Waals surface area contributed by atoms with Crippen molar-refractivity contribution >= 4 is 11.9 Å². The largest absolute Gasteiger partial charge is 0.458 e. The third-order valence-corrected chi connectivity index (χ3v) is 3.99. The van der Waals surface area contributed by atoms with Crippen LogP contribution in [0.5, 0.6) is 0 Å². The van der Waals surface area contributed by atoms with Crippen LogP contribution in [0.3, 0.4) is 0 Å². The number of fused-ring (bicyclic) bond motifs is 1. The molecule has 0 bridgehead atoms. The van der Waals surface area contributed by atoms with Gasteiger partial charge in [-0.25, -0.2) is 9.78 Å². The molecule has 0 fully saturated rings. The summed E-state index contributed by atoms with van der Waals surface area (Å²) in [6, 6.07) is 0. The van der Waals surface area contributed by atoms with Crippen LogP contribution in [0.4, 0.5) is 13.2 Å². The lowest BCUT2D eigenvalue weighted by Crippen LogP contribution is -2.49. The predicted molar refractivity (Wildman–Crippen MR) is 89.0 cm³/mol. The van der Waals surface area contributed by atoms with Crippen LogP contribution < -0.4 is 5.32 Å². The second-order valence-corrected chi connectivity index (χ2v) is 7.79. The van der Waals surface area contributed by atoms with Gasteiger partial charge in [0.2, 0.25) is 0 Å². The Morgan fingerprint density at radius 1 is 1.22 bits per heavy atom. The Hall–Kier alpha value is -2.10. The molecule has 2 heterocycles. The summed E-state index contributed by atoms with van der Waals surface area (Å²) in [5.74, 6) is -1.83. The fourth-order valence-electron chi connectivity index (χ4n) is 2.71. The van der Waals surface area contributed by atoms with Crippen molar-refractivity contribution in [2.24, 2.45) is 0 Å². The minimum atomic E-state index is -4.79. The number of carbonyl (C=O) groups excluding carboxylic acids is 2. The second kappa shape index (κ2) is 7.14. The number of imidazole rings is 1. The standard InChI is InChI=1S/C17H24F3N3O4/c1-15(2,3)27-14(25)16(4,26)9-21-13(24)11-12(17(18,19)20)22-10-7-5-6-8-23(10)11/h26H,5-9H2,1-4H3,(H,21,24). The average Bonchev–Trinajstić information content (AvgIpc) is 2.91. The number of nitrogens with zero attached hydrogens (tertiary/aromatic N) is 2. The molecular weight excluding hydrogens is 367 g/mol. The predicted octanol–water partition coefficient (Wildman–Crippen LogP) is 2.06. The molecule has 27 heavy (non-hydrogen) atoms. The van der Waals surface area contributed by atoms with Gasteiger partial charge in [0.15, 0.2) is 11.3 Å². The van der Waals surface area contributed by atoms with E-state index in [9.17, 15) is 27.9 Å². The van der Waals surface area contributed by atoms with Gasteiger partial charge >= 0.3 is 12.1 Å². The van der Waals surface area contributed by atoms with E-state index in [1.165, 1.54) is 4.57 Å². The first kappa shape index (κ1) is 21.2.